The number of fused-ring (bicyclic) bond motifs is 1. The molecule has 0 saturated heterocycles. The first-order valence-electron chi connectivity index (χ1n) is 8.37. The molecular weight excluding hydrogens is 354 g/mol. The van der Waals surface area contributed by atoms with E-state index in [1.54, 1.807) is 18.2 Å². The molecule has 0 fully saturated rings. The Labute approximate surface area is 157 Å². The fourth-order valence-corrected chi connectivity index (χ4v) is 3.21. The summed E-state index contributed by atoms with van der Waals surface area (Å²) in [6, 6.07) is 11.1. The highest BCUT2D eigenvalue weighted by molar-refractivity contribution is 6.30. The van der Waals surface area contributed by atoms with Crippen LogP contribution in [-0.4, -0.2) is 25.1 Å². The van der Waals surface area contributed by atoms with Crippen LogP contribution in [0, 0.1) is 19.8 Å². The zero-order valence-electron chi connectivity index (χ0n) is 14.7. The summed E-state index contributed by atoms with van der Waals surface area (Å²) in [6.45, 7) is 3.81. The van der Waals surface area contributed by atoms with Gasteiger partial charge in [-0.2, -0.15) is 0 Å². The highest BCUT2D eigenvalue weighted by atomic mass is 35.5. The van der Waals surface area contributed by atoms with Crippen LogP contribution in [0.2, 0.25) is 5.02 Å². The first kappa shape index (κ1) is 18.3. The molecule has 136 valence electrons. The topological polar surface area (TPSA) is 64.6 Å². The molecule has 1 unspecified atom stereocenters. The van der Waals surface area contributed by atoms with Gasteiger partial charge in [-0.1, -0.05) is 17.7 Å². The molecule has 26 heavy (non-hydrogen) atoms. The number of esters is 1. The van der Waals surface area contributed by atoms with Crippen molar-refractivity contribution in [3.63, 3.8) is 0 Å². The van der Waals surface area contributed by atoms with Gasteiger partial charge in [0, 0.05) is 10.7 Å². The maximum absolute atomic E-state index is 12.2. The lowest BCUT2D eigenvalue weighted by Gasteiger charge is -2.24. The van der Waals surface area contributed by atoms with Crippen molar-refractivity contribution < 1.29 is 19.1 Å². The van der Waals surface area contributed by atoms with E-state index in [4.69, 9.17) is 21.1 Å². The van der Waals surface area contributed by atoms with Gasteiger partial charge in [0.25, 0.3) is 5.91 Å². The Morgan fingerprint density at radius 1 is 1.19 bits per heavy atom. The summed E-state index contributed by atoms with van der Waals surface area (Å²) in [7, 11) is 0. The first-order chi connectivity index (χ1) is 12.4. The van der Waals surface area contributed by atoms with Crippen LogP contribution < -0.4 is 10.1 Å². The van der Waals surface area contributed by atoms with Crippen molar-refractivity contribution in [2.45, 2.75) is 20.3 Å². The molecule has 1 N–H and O–H groups in total. The van der Waals surface area contributed by atoms with Crippen LogP contribution in [0.1, 0.15) is 16.7 Å². The molecule has 1 aliphatic rings. The van der Waals surface area contributed by atoms with Gasteiger partial charge >= 0.3 is 5.97 Å². The van der Waals surface area contributed by atoms with E-state index in [1.165, 1.54) is 0 Å². The van der Waals surface area contributed by atoms with E-state index in [1.807, 2.05) is 32.0 Å². The molecular formula is C20H20ClNO4. The smallest absolute Gasteiger partial charge is 0.313 e. The summed E-state index contributed by atoms with van der Waals surface area (Å²) in [4.78, 5) is 24.3. The molecule has 5 nitrogen and oxygen atoms in total. The van der Waals surface area contributed by atoms with Crippen LogP contribution in [0.5, 0.6) is 5.75 Å². The van der Waals surface area contributed by atoms with Gasteiger partial charge in [-0.15, -0.1) is 0 Å². The van der Waals surface area contributed by atoms with Gasteiger partial charge in [-0.25, -0.2) is 0 Å². The number of carbonyl (C=O) groups excluding carboxylic acids is 2. The molecule has 1 amide bonds. The van der Waals surface area contributed by atoms with Crippen LogP contribution in [0.25, 0.3) is 0 Å². The Bertz CT molecular complexity index is 829. The molecule has 1 aliphatic heterocycles. The van der Waals surface area contributed by atoms with Crippen LogP contribution in [0.4, 0.5) is 5.69 Å². The van der Waals surface area contributed by atoms with Crippen molar-refractivity contribution in [1.29, 1.82) is 0 Å². The summed E-state index contributed by atoms with van der Waals surface area (Å²) in [6.07, 6.45) is 0.480. The molecule has 0 aromatic heterocycles. The average molecular weight is 374 g/mol. The van der Waals surface area contributed by atoms with Crippen molar-refractivity contribution in [3.8, 4) is 5.75 Å². The lowest BCUT2D eigenvalue weighted by molar-refractivity contribution is -0.152. The van der Waals surface area contributed by atoms with E-state index >= 15 is 0 Å². The third kappa shape index (κ3) is 4.55. The van der Waals surface area contributed by atoms with E-state index in [9.17, 15) is 9.59 Å². The lowest BCUT2D eigenvalue weighted by Crippen LogP contribution is -2.32. The van der Waals surface area contributed by atoms with E-state index in [-0.39, 0.29) is 19.1 Å². The van der Waals surface area contributed by atoms with E-state index < -0.39 is 11.9 Å². The van der Waals surface area contributed by atoms with Crippen LogP contribution >= 0.6 is 11.6 Å². The Balaban J connectivity index is 1.53. The van der Waals surface area contributed by atoms with Gasteiger partial charge in [0.15, 0.2) is 6.61 Å². The van der Waals surface area contributed by atoms with E-state index in [0.717, 1.165) is 22.4 Å². The molecule has 0 saturated carbocycles. The fourth-order valence-electron chi connectivity index (χ4n) is 3.01. The highest BCUT2D eigenvalue weighted by Crippen LogP contribution is 2.30. The predicted molar refractivity (Wildman–Crippen MR) is 99.6 cm³/mol. The number of hydrogen-bond donors (Lipinski definition) is 1. The second kappa shape index (κ2) is 7.79. The maximum atomic E-state index is 12.2. The maximum Gasteiger partial charge on any atom is 0.313 e. The molecule has 1 heterocycles. The zero-order valence-corrected chi connectivity index (χ0v) is 15.4. The number of ether oxygens (including phenoxy) is 2. The van der Waals surface area contributed by atoms with Crippen molar-refractivity contribution in [3.05, 3.63) is 58.1 Å². The Hall–Kier alpha value is -2.53. The Kier molecular flexibility index (Phi) is 5.47. The normalized spacial score (nSPS) is 15.6. The summed E-state index contributed by atoms with van der Waals surface area (Å²) >= 11 is 5.98. The lowest BCUT2D eigenvalue weighted by atomic mass is 9.97. The third-order valence-electron chi connectivity index (χ3n) is 4.11. The molecule has 3 rings (SSSR count). The highest BCUT2D eigenvalue weighted by Gasteiger charge is 2.28. The Morgan fingerprint density at radius 2 is 1.92 bits per heavy atom. The minimum Gasteiger partial charge on any atom is -0.492 e. The van der Waals surface area contributed by atoms with Gasteiger partial charge in [-0.3, -0.25) is 9.59 Å². The third-order valence-corrected chi connectivity index (χ3v) is 4.35. The molecule has 6 heteroatoms. The number of hydrogen-bond acceptors (Lipinski definition) is 4. The largest absolute Gasteiger partial charge is 0.492 e. The van der Waals surface area contributed by atoms with Crippen molar-refractivity contribution in [1.82, 2.24) is 0 Å². The van der Waals surface area contributed by atoms with E-state index in [0.29, 0.717) is 17.1 Å². The molecule has 0 spiro atoms. The number of halogens is 1. The number of benzene rings is 2. The standard InChI is InChI=1S/C20H20ClNO4/c1-12-5-13(2)7-17(6-12)22-19(23)11-26-20(24)15-8-14-9-16(21)3-4-18(14)25-10-15/h3-7,9,15H,8,10-11H2,1-2H3,(H,22,23). The van der Waals surface area contributed by atoms with Gasteiger partial charge in [0.1, 0.15) is 12.4 Å². The molecule has 2 aromatic rings. The summed E-state index contributed by atoms with van der Waals surface area (Å²) in [5.41, 5.74) is 3.65. The number of rotatable bonds is 4. The van der Waals surface area contributed by atoms with Crippen LogP contribution in [-0.2, 0) is 20.7 Å². The van der Waals surface area contributed by atoms with E-state index in [2.05, 4.69) is 5.32 Å². The van der Waals surface area contributed by atoms with Crippen molar-refractivity contribution in [2.24, 2.45) is 5.92 Å². The fraction of sp³-hybridized carbons (Fsp3) is 0.300. The summed E-state index contributed by atoms with van der Waals surface area (Å²) < 4.78 is 10.7. The van der Waals surface area contributed by atoms with Gasteiger partial charge < -0.3 is 14.8 Å². The minimum absolute atomic E-state index is 0.228. The second-order valence-electron chi connectivity index (χ2n) is 6.50. The quantitative estimate of drug-likeness (QED) is 0.830. The summed E-state index contributed by atoms with van der Waals surface area (Å²) in [5, 5.41) is 3.33. The number of aryl methyl sites for hydroxylation is 2. The zero-order chi connectivity index (χ0) is 18.7. The average Bonchev–Trinajstić information content (AvgIpc) is 2.58. The molecule has 1 atom stereocenters. The molecule has 2 aromatic carbocycles. The number of anilines is 1. The van der Waals surface area contributed by atoms with Crippen molar-refractivity contribution in [2.75, 3.05) is 18.5 Å². The molecule has 0 bridgehead atoms. The number of nitrogens with one attached hydrogen (secondary N) is 1. The van der Waals surface area contributed by atoms with Gasteiger partial charge in [0.2, 0.25) is 0 Å². The van der Waals surface area contributed by atoms with Gasteiger partial charge in [-0.05, 0) is 67.3 Å². The summed E-state index contributed by atoms with van der Waals surface area (Å²) in [5.74, 6) is -0.546. The number of amides is 1. The second-order valence-corrected chi connectivity index (χ2v) is 6.93. The monoisotopic (exact) mass is 373 g/mol. The molecule has 0 radical (unpaired) electrons. The van der Waals surface area contributed by atoms with Gasteiger partial charge in [0.05, 0.1) is 5.92 Å². The first-order valence-corrected chi connectivity index (χ1v) is 8.74. The van der Waals surface area contributed by atoms with Crippen LogP contribution in [0.3, 0.4) is 0 Å². The minimum atomic E-state index is -0.453. The number of carbonyl (C=O) groups is 2. The molecule has 0 aliphatic carbocycles. The Morgan fingerprint density at radius 3 is 2.65 bits per heavy atom. The predicted octanol–water partition coefficient (Wildman–Crippen LogP) is 3.69. The van der Waals surface area contributed by atoms with Crippen molar-refractivity contribution >= 4 is 29.2 Å². The van der Waals surface area contributed by atoms with Crippen LogP contribution in [0.15, 0.2) is 36.4 Å². The SMILES string of the molecule is Cc1cc(C)cc(NC(=O)COC(=O)C2COc3ccc(Cl)cc3C2)c1.